The van der Waals surface area contributed by atoms with Gasteiger partial charge in [-0.1, -0.05) is 18.2 Å². The van der Waals surface area contributed by atoms with E-state index in [2.05, 4.69) is 9.97 Å². The number of nitrogens with zero attached hydrogens (tertiary/aromatic N) is 2. The summed E-state index contributed by atoms with van der Waals surface area (Å²) < 4.78 is 0. The van der Waals surface area contributed by atoms with Crippen molar-refractivity contribution in [3.05, 3.63) is 35.8 Å². The van der Waals surface area contributed by atoms with Crippen LogP contribution in [0.4, 0.5) is 0 Å². The van der Waals surface area contributed by atoms with E-state index in [1.807, 2.05) is 25.1 Å². The van der Waals surface area contributed by atoms with Crippen molar-refractivity contribution in [2.75, 3.05) is 0 Å². The topological polar surface area (TPSA) is 46.0 Å². The highest BCUT2D eigenvalue weighted by Gasteiger charge is 2.02. The van der Waals surface area contributed by atoms with Gasteiger partial charge >= 0.3 is 0 Å². The van der Waals surface area contributed by atoms with Gasteiger partial charge in [-0.2, -0.15) is 0 Å². The summed E-state index contributed by atoms with van der Waals surface area (Å²) in [6.07, 6.45) is 1.49. The van der Waals surface area contributed by atoms with Crippen molar-refractivity contribution in [2.24, 2.45) is 0 Å². The maximum atomic E-state index is 9.04. The number of benzene rings is 1. The normalized spacial score (nSPS) is 10.6. The number of fused-ring (bicyclic) bond motifs is 1. The van der Waals surface area contributed by atoms with Crippen LogP contribution >= 0.6 is 0 Å². The molecule has 1 aromatic heterocycles. The van der Waals surface area contributed by atoms with Gasteiger partial charge in [0, 0.05) is 5.39 Å². The molecule has 0 atom stereocenters. The summed E-state index contributed by atoms with van der Waals surface area (Å²) in [5, 5.41) is 9.97. The Morgan fingerprint density at radius 3 is 2.92 bits per heavy atom. The lowest BCUT2D eigenvalue weighted by Crippen LogP contribution is -1.93. The highest BCUT2D eigenvalue weighted by atomic mass is 16.3. The van der Waals surface area contributed by atoms with Gasteiger partial charge in [0.2, 0.25) is 0 Å². The molecule has 0 unspecified atom stereocenters. The summed E-state index contributed by atoms with van der Waals surface area (Å²) in [4.78, 5) is 8.17. The molecule has 0 bridgehead atoms. The van der Waals surface area contributed by atoms with Crippen molar-refractivity contribution >= 4 is 10.9 Å². The van der Waals surface area contributed by atoms with E-state index in [9.17, 15) is 0 Å². The van der Waals surface area contributed by atoms with Crippen molar-refractivity contribution in [1.82, 2.24) is 9.97 Å². The van der Waals surface area contributed by atoms with Crippen LogP contribution in [0.2, 0.25) is 0 Å². The number of hydrogen-bond acceptors (Lipinski definition) is 3. The van der Waals surface area contributed by atoms with Crippen LogP contribution in [0.3, 0.4) is 0 Å². The van der Waals surface area contributed by atoms with Crippen LogP contribution in [0, 0.1) is 6.92 Å². The molecular formula is C10H10N2O. The summed E-state index contributed by atoms with van der Waals surface area (Å²) in [6, 6.07) is 5.87. The third-order valence-electron chi connectivity index (χ3n) is 2.10. The third kappa shape index (κ3) is 1.27. The molecular weight excluding hydrogens is 164 g/mol. The molecule has 3 nitrogen and oxygen atoms in total. The lowest BCUT2D eigenvalue weighted by atomic mass is 10.1. The predicted octanol–water partition coefficient (Wildman–Crippen LogP) is 1.43. The smallest absolute Gasteiger partial charge is 0.116 e. The van der Waals surface area contributed by atoms with Gasteiger partial charge < -0.3 is 5.11 Å². The zero-order valence-corrected chi connectivity index (χ0v) is 7.36. The molecule has 0 saturated heterocycles. The van der Waals surface area contributed by atoms with Gasteiger partial charge in [0.05, 0.1) is 17.8 Å². The van der Waals surface area contributed by atoms with Crippen molar-refractivity contribution in [1.29, 1.82) is 0 Å². The van der Waals surface area contributed by atoms with E-state index < -0.39 is 0 Å². The zero-order valence-electron chi connectivity index (χ0n) is 7.36. The minimum absolute atomic E-state index is 0.0392. The first kappa shape index (κ1) is 8.13. The predicted molar refractivity (Wildman–Crippen MR) is 50.2 cm³/mol. The van der Waals surface area contributed by atoms with Crippen LogP contribution in [0.1, 0.15) is 11.3 Å². The number of aryl methyl sites for hydroxylation is 1. The fourth-order valence-electron chi connectivity index (χ4n) is 1.42. The van der Waals surface area contributed by atoms with Crippen LogP contribution in [-0.2, 0) is 6.61 Å². The quantitative estimate of drug-likeness (QED) is 0.711. The van der Waals surface area contributed by atoms with E-state index in [0.29, 0.717) is 5.69 Å². The first-order chi connectivity index (χ1) is 6.33. The van der Waals surface area contributed by atoms with E-state index in [4.69, 9.17) is 5.11 Å². The minimum Gasteiger partial charge on any atom is -0.390 e. The monoisotopic (exact) mass is 174 g/mol. The van der Waals surface area contributed by atoms with Crippen LogP contribution in [0.5, 0.6) is 0 Å². The van der Waals surface area contributed by atoms with E-state index in [1.54, 1.807) is 0 Å². The van der Waals surface area contributed by atoms with Gasteiger partial charge in [-0.25, -0.2) is 9.97 Å². The lowest BCUT2D eigenvalue weighted by molar-refractivity contribution is 0.278. The van der Waals surface area contributed by atoms with Gasteiger partial charge in [-0.05, 0) is 12.5 Å². The molecule has 0 fully saturated rings. The molecule has 1 heterocycles. The van der Waals surface area contributed by atoms with Crippen LogP contribution in [0.15, 0.2) is 24.5 Å². The number of para-hydroxylation sites is 1. The molecule has 13 heavy (non-hydrogen) atoms. The Labute approximate surface area is 76.1 Å². The summed E-state index contributed by atoms with van der Waals surface area (Å²) in [7, 11) is 0. The van der Waals surface area contributed by atoms with E-state index >= 15 is 0 Å². The maximum Gasteiger partial charge on any atom is 0.116 e. The minimum atomic E-state index is -0.0392. The number of aromatic nitrogens is 2. The average molecular weight is 174 g/mol. The number of aliphatic hydroxyl groups excluding tert-OH is 1. The van der Waals surface area contributed by atoms with Crippen LogP contribution < -0.4 is 0 Å². The Kier molecular flexibility index (Phi) is 1.94. The lowest BCUT2D eigenvalue weighted by Gasteiger charge is -2.03. The first-order valence-corrected chi connectivity index (χ1v) is 4.13. The van der Waals surface area contributed by atoms with Crippen LogP contribution in [-0.4, -0.2) is 15.1 Å². The third-order valence-corrected chi connectivity index (χ3v) is 2.10. The molecule has 0 amide bonds. The summed E-state index contributed by atoms with van der Waals surface area (Å²) in [5.41, 5.74) is 2.71. The summed E-state index contributed by atoms with van der Waals surface area (Å²) in [5.74, 6) is 0. The fourth-order valence-corrected chi connectivity index (χ4v) is 1.42. The van der Waals surface area contributed by atoms with Crippen LogP contribution in [0.25, 0.3) is 10.9 Å². The molecule has 0 aliphatic rings. The molecule has 0 spiro atoms. The van der Waals surface area contributed by atoms with Crippen molar-refractivity contribution in [2.45, 2.75) is 13.5 Å². The number of hydrogen-bond donors (Lipinski definition) is 1. The van der Waals surface area contributed by atoms with E-state index in [1.165, 1.54) is 6.33 Å². The number of aliphatic hydroxyl groups is 1. The zero-order chi connectivity index (χ0) is 9.26. The molecule has 66 valence electrons. The highest BCUT2D eigenvalue weighted by Crippen LogP contribution is 2.17. The SMILES string of the molecule is Cc1cccc2c(CO)ncnc12. The molecule has 0 aliphatic heterocycles. The second-order valence-corrected chi connectivity index (χ2v) is 2.95. The molecule has 1 aromatic carbocycles. The largest absolute Gasteiger partial charge is 0.390 e. The number of rotatable bonds is 1. The molecule has 2 aromatic rings. The molecule has 1 N–H and O–H groups in total. The second kappa shape index (κ2) is 3.11. The van der Waals surface area contributed by atoms with Gasteiger partial charge in [-0.3, -0.25) is 0 Å². The Balaban J connectivity index is 2.84. The Morgan fingerprint density at radius 2 is 2.15 bits per heavy atom. The van der Waals surface area contributed by atoms with E-state index in [-0.39, 0.29) is 6.61 Å². The van der Waals surface area contributed by atoms with Crippen molar-refractivity contribution < 1.29 is 5.11 Å². The molecule has 2 rings (SSSR count). The molecule has 0 saturated carbocycles. The fraction of sp³-hybridized carbons (Fsp3) is 0.200. The summed E-state index contributed by atoms with van der Waals surface area (Å²) >= 11 is 0. The standard InChI is InChI=1S/C10H10N2O/c1-7-3-2-4-8-9(5-13)11-6-12-10(7)8/h2-4,6,13H,5H2,1H3. The maximum absolute atomic E-state index is 9.04. The van der Waals surface area contributed by atoms with Crippen molar-refractivity contribution in [3.8, 4) is 0 Å². The van der Waals surface area contributed by atoms with E-state index in [0.717, 1.165) is 16.5 Å². The van der Waals surface area contributed by atoms with Crippen molar-refractivity contribution in [3.63, 3.8) is 0 Å². The average Bonchev–Trinajstić information content (AvgIpc) is 2.18. The Hall–Kier alpha value is -1.48. The Morgan fingerprint density at radius 1 is 1.31 bits per heavy atom. The molecule has 0 aliphatic carbocycles. The second-order valence-electron chi connectivity index (χ2n) is 2.95. The van der Waals surface area contributed by atoms with Gasteiger partial charge in [0.1, 0.15) is 6.33 Å². The highest BCUT2D eigenvalue weighted by molar-refractivity contribution is 5.83. The van der Waals surface area contributed by atoms with Gasteiger partial charge in [0.25, 0.3) is 0 Å². The van der Waals surface area contributed by atoms with Gasteiger partial charge in [0.15, 0.2) is 0 Å². The Bertz CT molecular complexity index is 440. The summed E-state index contributed by atoms with van der Waals surface area (Å²) in [6.45, 7) is 1.96. The van der Waals surface area contributed by atoms with Gasteiger partial charge in [-0.15, -0.1) is 0 Å². The molecule has 3 heteroatoms. The molecule has 0 radical (unpaired) electrons. The first-order valence-electron chi connectivity index (χ1n) is 4.13.